The Balaban J connectivity index is 0.000000193. The number of rotatable bonds is 9. The zero-order chi connectivity index (χ0) is 41.5. The molecule has 2 heteroatoms. The number of hydrogen-bond acceptors (Lipinski definition) is 2. The van der Waals surface area contributed by atoms with Crippen molar-refractivity contribution in [1.29, 1.82) is 0 Å². The molecule has 60 heavy (non-hydrogen) atoms. The van der Waals surface area contributed by atoms with E-state index in [1.54, 1.807) is 6.08 Å². The third-order valence-corrected chi connectivity index (χ3v) is 11.4. The van der Waals surface area contributed by atoms with E-state index in [-0.39, 0.29) is 5.41 Å². The number of benzene rings is 7. The molecule has 1 N–H and O–H groups in total. The molecule has 9 rings (SSSR count). The van der Waals surface area contributed by atoms with Gasteiger partial charge in [0.25, 0.3) is 0 Å². The summed E-state index contributed by atoms with van der Waals surface area (Å²) in [5, 5.41) is 5.64. The van der Waals surface area contributed by atoms with Crippen molar-refractivity contribution >= 4 is 38.8 Å². The highest BCUT2D eigenvalue weighted by Crippen LogP contribution is 2.50. The summed E-state index contributed by atoms with van der Waals surface area (Å²) in [4.78, 5) is 0. The Hall–Kier alpha value is -7.42. The molecule has 7 aromatic carbocycles. The highest BCUT2D eigenvalue weighted by atomic mass is 16.3. The van der Waals surface area contributed by atoms with Crippen molar-refractivity contribution in [3.8, 4) is 33.4 Å². The number of nitrogens with one attached hydrogen (secondary N) is 1. The van der Waals surface area contributed by atoms with Crippen LogP contribution in [0.15, 0.2) is 236 Å². The number of fused-ring (bicyclic) bond motifs is 4. The molecule has 0 saturated carbocycles. The molecule has 0 unspecified atom stereocenters. The van der Waals surface area contributed by atoms with Crippen LogP contribution >= 0.6 is 0 Å². The highest BCUT2D eigenvalue weighted by molar-refractivity contribution is 6.08. The largest absolute Gasteiger partial charge is 0.455 e. The summed E-state index contributed by atoms with van der Waals surface area (Å²) in [5.74, 6) is 0. The van der Waals surface area contributed by atoms with Crippen LogP contribution in [0.25, 0.3) is 66.5 Å². The molecule has 0 fully saturated rings. The molecule has 1 aliphatic carbocycles. The van der Waals surface area contributed by atoms with Crippen LogP contribution in [0.2, 0.25) is 0 Å². The number of para-hydroxylation sites is 2. The lowest BCUT2D eigenvalue weighted by molar-refractivity contribution is 0.660. The van der Waals surface area contributed by atoms with Crippen LogP contribution in [0.4, 0.5) is 5.69 Å². The third-order valence-electron chi connectivity index (χ3n) is 11.4. The first kappa shape index (κ1) is 39.4. The zero-order valence-electron chi connectivity index (χ0n) is 34.5. The smallest absolute Gasteiger partial charge is 0.143 e. The maximum absolute atomic E-state index is 6.23. The fourth-order valence-electron chi connectivity index (χ4n) is 8.36. The van der Waals surface area contributed by atoms with Gasteiger partial charge in [0.15, 0.2) is 0 Å². The van der Waals surface area contributed by atoms with E-state index in [1.807, 2.05) is 42.6 Å². The summed E-state index contributed by atoms with van der Waals surface area (Å²) in [6, 6.07) is 59.4. The van der Waals surface area contributed by atoms with Crippen molar-refractivity contribution < 1.29 is 4.42 Å². The third kappa shape index (κ3) is 8.01. The van der Waals surface area contributed by atoms with E-state index in [4.69, 9.17) is 4.42 Å². The van der Waals surface area contributed by atoms with Crippen LogP contribution in [0.5, 0.6) is 0 Å². The first-order valence-electron chi connectivity index (χ1n) is 20.5. The van der Waals surface area contributed by atoms with Gasteiger partial charge in [-0.2, -0.15) is 0 Å². The molecule has 1 heterocycles. The first-order valence-corrected chi connectivity index (χ1v) is 20.5. The van der Waals surface area contributed by atoms with Crippen molar-refractivity contribution in [1.82, 2.24) is 0 Å². The molecule has 0 atom stereocenters. The van der Waals surface area contributed by atoms with Gasteiger partial charge in [-0.15, -0.1) is 0 Å². The normalized spacial score (nSPS) is 14.6. The Labute approximate surface area is 354 Å². The van der Waals surface area contributed by atoms with Gasteiger partial charge in [-0.3, -0.25) is 0 Å². The van der Waals surface area contributed by atoms with Gasteiger partial charge in [-0.05, 0) is 98.5 Å². The second-order valence-electron chi connectivity index (χ2n) is 15.4. The van der Waals surface area contributed by atoms with Gasteiger partial charge in [0.1, 0.15) is 11.2 Å². The van der Waals surface area contributed by atoms with E-state index in [0.717, 1.165) is 38.8 Å². The average molecular weight is 776 g/mol. The van der Waals surface area contributed by atoms with E-state index in [2.05, 4.69) is 203 Å². The molecule has 0 spiro atoms. The SMILES string of the molecule is C=C/C=C(\C=C/Nc1ccc(-c2ccc(-c3ccccc3)cc2)cc1)c1cccc2c1oc1ccccc12.C=C/C=C1\C(=C/C)C(C)(C)c2cc(-c3ccccc3)ccc21. The van der Waals surface area contributed by atoms with Crippen LogP contribution in [0, 0.1) is 0 Å². The average Bonchev–Trinajstić information content (AvgIpc) is 3.78. The minimum atomic E-state index is 0.0315. The molecular formula is C58H49NO. The maximum Gasteiger partial charge on any atom is 0.143 e. The predicted octanol–water partition coefficient (Wildman–Crippen LogP) is 16.3. The second-order valence-corrected chi connectivity index (χ2v) is 15.4. The van der Waals surface area contributed by atoms with Crippen LogP contribution in [0.1, 0.15) is 37.5 Å². The summed E-state index contributed by atoms with van der Waals surface area (Å²) in [6.45, 7) is 14.5. The van der Waals surface area contributed by atoms with Crippen molar-refractivity contribution in [2.75, 3.05) is 5.32 Å². The van der Waals surface area contributed by atoms with Crippen LogP contribution in [-0.2, 0) is 5.41 Å². The standard InChI is InChI=1S/C36H27NO.C22H22/c1-2-9-30(32-13-8-14-34-33-12-6-7-15-35(33)38-36(32)34)24-25-37-31-22-20-29(21-23-31)28-18-16-27(17-19-28)26-10-4-3-5-11-26;1-5-10-18-19-14-13-17(16-11-8-7-9-12-16)15-21(19)22(3,4)20(18)6-2/h2-25,37H,1H2;5-15H,1H2,2-4H3/b25-24-,30-9+;18-10-,20-6+. The van der Waals surface area contributed by atoms with Crippen molar-refractivity contribution in [3.05, 3.63) is 248 Å². The summed E-state index contributed by atoms with van der Waals surface area (Å²) >= 11 is 0. The van der Waals surface area contributed by atoms with E-state index in [0.29, 0.717) is 0 Å². The Bertz CT molecular complexity index is 2920. The Morgan fingerprint density at radius 2 is 1.15 bits per heavy atom. The molecule has 292 valence electrons. The molecule has 1 aliphatic rings. The Kier molecular flexibility index (Phi) is 11.6. The molecule has 0 aliphatic heterocycles. The van der Waals surface area contributed by atoms with E-state index in [1.165, 1.54) is 55.7 Å². The lowest BCUT2D eigenvalue weighted by Gasteiger charge is -2.22. The van der Waals surface area contributed by atoms with Crippen LogP contribution in [-0.4, -0.2) is 0 Å². The zero-order valence-corrected chi connectivity index (χ0v) is 34.5. The van der Waals surface area contributed by atoms with Gasteiger partial charge < -0.3 is 9.73 Å². The van der Waals surface area contributed by atoms with Gasteiger partial charge in [0.2, 0.25) is 0 Å². The predicted molar refractivity (Wildman–Crippen MR) is 259 cm³/mol. The molecule has 0 saturated heterocycles. The van der Waals surface area contributed by atoms with E-state index in [9.17, 15) is 0 Å². The molecule has 8 aromatic rings. The van der Waals surface area contributed by atoms with Crippen molar-refractivity contribution in [2.24, 2.45) is 0 Å². The summed E-state index contributed by atoms with van der Waals surface area (Å²) in [7, 11) is 0. The van der Waals surface area contributed by atoms with Crippen LogP contribution < -0.4 is 5.32 Å². The quantitative estimate of drug-likeness (QED) is 0.148. The number of allylic oxidation sites excluding steroid dienone is 9. The van der Waals surface area contributed by atoms with E-state index >= 15 is 0 Å². The minimum absolute atomic E-state index is 0.0315. The fourth-order valence-corrected chi connectivity index (χ4v) is 8.36. The number of hydrogen-bond donors (Lipinski definition) is 1. The fraction of sp³-hybridized carbons (Fsp3) is 0.0690. The Morgan fingerprint density at radius 1 is 0.583 bits per heavy atom. The second kappa shape index (κ2) is 17.6. The lowest BCUT2D eigenvalue weighted by Crippen LogP contribution is -2.15. The highest BCUT2D eigenvalue weighted by Gasteiger charge is 2.37. The van der Waals surface area contributed by atoms with Gasteiger partial charge in [-0.1, -0.05) is 203 Å². The van der Waals surface area contributed by atoms with E-state index < -0.39 is 0 Å². The van der Waals surface area contributed by atoms with Gasteiger partial charge in [0, 0.05) is 33.6 Å². The minimum Gasteiger partial charge on any atom is -0.455 e. The lowest BCUT2D eigenvalue weighted by atomic mass is 9.81. The first-order chi connectivity index (χ1) is 29.4. The molecular weight excluding hydrogens is 727 g/mol. The topological polar surface area (TPSA) is 25.2 Å². The van der Waals surface area contributed by atoms with Gasteiger partial charge >= 0.3 is 0 Å². The van der Waals surface area contributed by atoms with Crippen molar-refractivity contribution in [2.45, 2.75) is 26.2 Å². The molecule has 0 radical (unpaired) electrons. The molecule has 0 amide bonds. The number of anilines is 1. The Morgan fingerprint density at radius 3 is 1.78 bits per heavy atom. The van der Waals surface area contributed by atoms with Crippen LogP contribution in [0.3, 0.4) is 0 Å². The van der Waals surface area contributed by atoms with Gasteiger partial charge in [0.05, 0.1) is 0 Å². The molecule has 2 nitrogen and oxygen atoms in total. The number of furan rings is 1. The molecule has 1 aromatic heterocycles. The molecule has 0 bridgehead atoms. The maximum atomic E-state index is 6.23. The van der Waals surface area contributed by atoms with Crippen molar-refractivity contribution in [3.63, 3.8) is 0 Å². The summed E-state index contributed by atoms with van der Waals surface area (Å²) in [5.41, 5.74) is 17.7. The van der Waals surface area contributed by atoms with Gasteiger partial charge in [-0.25, -0.2) is 0 Å². The monoisotopic (exact) mass is 775 g/mol. The summed E-state index contributed by atoms with van der Waals surface area (Å²) in [6.07, 6.45) is 14.1. The summed E-state index contributed by atoms with van der Waals surface area (Å²) < 4.78 is 6.23.